The molecular weight excluding hydrogens is 288 g/mol. The zero-order chi connectivity index (χ0) is 15.0. The lowest BCUT2D eigenvalue weighted by Gasteiger charge is -2.36. The van der Waals surface area contributed by atoms with Crippen LogP contribution in [0.1, 0.15) is 36.0 Å². The van der Waals surface area contributed by atoms with Crippen molar-refractivity contribution in [1.29, 1.82) is 0 Å². The number of nitrogens with one attached hydrogen (secondary N) is 1. The predicted molar refractivity (Wildman–Crippen MR) is 83.7 cm³/mol. The third kappa shape index (κ3) is 2.72. The first-order valence-corrected chi connectivity index (χ1v) is 8.16. The van der Waals surface area contributed by atoms with E-state index >= 15 is 0 Å². The molecular formula is C14H22N4O2S. The van der Waals surface area contributed by atoms with E-state index < -0.39 is 5.97 Å². The zero-order valence-electron chi connectivity index (χ0n) is 12.5. The fourth-order valence-corrected chi connectivity index (χ4v) is 4.36. The SMILES string of the molecule is COC(=O)c1c(N)nsc1NCC1CC2CCC(C1)N2C. The van der Waals surface area contributed by atoms with Crippen LogP contribution in [0.4, 0.5) is 10.8 Å². The Bertz CT molecular complexity index is 519. The molecule has 2 atom stereocenters. The number of hydrogen-bond acceptors (Lipinski definition) is 7. The number of rotatable bonds is 4. The number of nitrogens with two attached hydrogens (primary N) is 1. The molecule has 0 amide bonds. The number of fused-ring (bicyclic) bond motifs is 2. The van der Waals surface area contributed by atoms with Crippen molar-refractivity contribution in [3.05, 3.63) is 5.56 Å². The van der Waals surface area contributed by atoms with Crippen molar-refractivity contribution in [2.24, 2.45) is 5.92 Å². The summed E-state index contributed by atoms with van der Waals surface area (Å²) in [4.78, 5) is 14.3. The molecule has 0 aromatic carbocycles. The lowest BCUT2D eigenvalue weighted by atomic mass is 9.91. The normalized spacial score (nSPS) is 28.6. The molecule has 0 spiro atoms. The van der Waals surface area contributed by atoms with E-state index in [0.717, 1.165) is 23.6 Å². The van der Waals surface area contributed by atoms with E-state index in [1.807, 2.05) is 0 Å². The van der Waals surface area contributed by atoms with Gasteiger partial charge in [0.25, 0.3) is 0 Å². The van der Waals surface area contributed by atoms with E-state index in [4.69, 9.17) is 10.5 Å². The average molecular weight is 310 g/mol. The second-order valence-electron chi connectivity index (χ2n) is 6.03. The molecule has 1 aromatic heterocycles. The van der Waals surface area contributed by atoms with E-state index in [2.05, 4.69) is 21.6 Å². The van der Waals surface area contributed by atoms with Crippen LogP contribution < -0.4 is 11.1 Å². The molecule has 2 fully saturated rings. The van der Waals surface area contributed by atoms with Gasteiger partial charge >= 0.3 is 5.97 Å². The summed E-state index contributed by atoms with van der Waals surface area (Å²) in [6, 6.07) is 1.45. The van der Waals surface area contributed by atoms with Crippen molar-refractivity contribution in [3.8, 4) is 0 Å². The van der Waals surface area contributed by atoms with Gasteiger partial charge in [-0.05, 0) is 50.2 Å². The minimum absolute atomic E-state index is 0.248. The Kier molecular flexibility index (Phi) is 4.03. The maximum absolute atomic E-state index is 11.7. The third-order valence-electron chi connectivity index (χ3n) is 4.86. The highest BCUT2D eigenvalue weighted by atomic mass is 32.1. The summed E-state index contributed by atoms with van der Waals surface area (Å²) in [5.41, 5.74) is 6.12. The number of piperidine rings is 1. The molecule has 0 radical (unpaired) electrons. The molecule has 2 aliphatic heterocycles. The van der Waals surface area contributed by atoms with Gasteiger partial charge in [0.05, 0.1) is 7.11 Å². The van der Waals surface area contributed by atoms with Crippen LogP contribution in [0.25, 0.3) is 0 Å². The summed E-state index contributed by atoms with van der Waals surface area (Å²) in [5, 5.41) is 4.09. The molecule has 3 rings (SSSR count). The molecule has 2 saturated heterocycles. The van der Waals surface area contributed by atoms with Crippen LogP contribution in [-0.2, 0) is 4.74 Å². The van der Waals surface area contributed by atoms with Crippen LogP contribution in [-0.4, -0.2) is 48.0 Å². The second-order valence-corrected chi connectivity index (χ2v) is 6.81. The Morgan fingerprint density at radius 1 is 1.48 bits per heavy atom. The van der Waals surface area contributed by atoms with Gasteiger partial charge in [0.1, 0.15) is 10.6 Å². The van der Waals surface area contributed by atoms with E-state index in [-0.39, 0.29) is 5.82 Å². The quantitative estimate of drug-likeness (QED) is 0.825. The number of nitrogens with zero attached hydrogens (tertiary/aromatic N) is 2. The van der Waals surface area contributed by atoms with Gasteiger partial charge in [-0.15, -0.1) is 0 Å². The zero-order valence-corrected chi connectivity index (χ0v) is 13.3. The number of carbonyl (C=O) groups is 1. The van der Waals surface area contributed by atoms with Gasteiger partial charge in [0.2, 0.25) is 0 Å². The summed E-state index contributed by atoms with van der Waals surface area (Å²) in [6.07, 6.45) is 5.08. The van der Waals surface area contributed by atoms with E-state index in [9.17, 15) is 4.79 Å². The maximum atomic E-state index is 11.7. The van der Waals surface area contributed by atoms with Gasteiger partial charge in [-0.25, -0.2) is 4.79 Å². The van der Waals surface area contributed by atoms with Gasteiger partial charge in [-0.1, -0.05) is 0 Å². The Labute approximate surface area is 128 Å². The fourth-order valence-electron chi connectivity index (χ4n) is 3.65. The van der Waals surface area contributed by atoms with Crippen molar-refractivity contribution in [3.63, 3.8) is 0 Å². The highest BCUT2D eigenvalue weighted by Gasteiger charge is 2.38. The van der Waals surface area contributed by atoms with Crippen molar-refractivity contribution >= 4 is 28.3 Å². The van der Waals surface area contributed by atoms with Crippen LogP contribution in [0.2, 0.25) is 0 Å². The molecule has 3 N–H and O–H groups in total. The molecule has 0 saturated carbocycles. The Morgan fingerprint density at radius 2 is 2.14 bits per heavy atom. The lowest BCUT2D eigenvalue weighted by molar-refractivity contribution is 0.0603. The monoisotopic (exact) mass is 310 g/mol. The van der Waals surface area contributed by atoms with Crippen LogP contribution in [0.5, 0.6) is 0 Å². The minimum atomic E-state index is -0.424. The number of esters is 1. The molecule has 6 nitrogen and oxygen atoms in total. The first kappa shape index (κ1) is 14.6. The van der Waals surface area contributed by atoms with Gasteiger partial charge in [-0.3, -0.25) is 0 Å². The summed E-state index contributed by atoms with van der Waals surface area (Å²) in [5.74, 6) is 0.470. The number of methoxy groups -OCH3 is 1. The van der Waals surface area contributed by atoms with Gasteiger partial charge < -0.3 is 20.7 Å². The molecule has 21 heavy (non-hydrogen) atoms. The number of nitrogen functional groups attached to an aromatic ring is 1. The van der Waals surface area contributed by atoms with Gasteiger partial charge in [0.15, 0.2) is 5.82 Å². The highest BCUT2D eigenvalue weighted by molar-refractivity contribution is 7.11. The lowest BCUT2D eigenvalue weighted by Crippen LogP contribution is -2.41. The molecule has 2 bridgehead atoms. The summed E-state index contributed by atoms with van der Waals surface area (Å²) in [7, 11) is 3.60. The largest absolute Gasteiger partial charge is 0.465 e. The van der Waals surface area contributed by atoms with Crippen LogP contribution in [0.3, 0.4) is 0 Å². The Morgan fingerprint density at radius 3 is 2.76 bits per heavy atom. The van der Waals surface area contributed by atoms with Crippen LogP contribution in [0.15, 0.2) is 0 Å². The number of ether oxygens (including phenoxy) is 1. The summed E-state index contributed by atoms with van der Waals surface area (Å²) in [6.45, 7) is 0.868. The Balaban J connectivity index is 1.63. The van der Waals surface area contributed by atoms with E-state index in [1.165, 1.54) is 44.3 Å². The number of carbonyl (C=O) groups excluding carboxylic acids is 1. The predicted octanol–water partition coefficient (Wildman–Crippen LogP) is 1.80. The first-order valence-electron chi connectivity index (χ1n) is 7.39. The smallest absolute Gasteiger partial charge is 0.344 e. The third-order valence-corrected chi connectivity index (χ3v) is 5.67. The summed E-state index contributed by atoms with van der Waals surface area (Å²) < 4.78 is 8.82. The number of hydrogen-bond donors (Lipinski definition) is 2. The van der Waals surface area contributed by atoms with Crippen molar-refractivity contribution < 1.29 is 9.53 Å². The maximum Gasteiger partial charge on any atom is 0.344 e. The molecule has 2 aliphatic rings. The molecule has 0 aliphatic carbocycles. The number of anilines is 2. The molecule has 7 heteroatoms. The Hall–Kier alpha value is -1.34. The van der Waals surface area contributed by atoms with Crippen molar-refractivity contribution in [2.45, 2.75) is 37.8 Å². The topological polar surface area (TPSA) is 80.5 Å². The number of aromatic nitrogens is 1. The standard InChI is InChI=1S/C14H22N4O2S/c1-18-9-3-4-10(18)6-8(5-9)7-16-13-11(14(19)20-2)12(15)17-21-13/h8-10,16H,3-7H2,1-2H3,(H2,15,17). The van der Waals surface area contributed by atoms with E-state index in [0.29, 0.717) is 11.5 Å². The average Bonchev–Trinajstić information content (AvgIpc) is 2.92. The molecule has 1 aromatic rings. The summed E-state index contributed by atoms with van der Waals surface area (Å²) >= 11 is 1.23. The minimum Gasteiger partial charge on any atom is -0.465 e. The van der Waals surface area contributed by atoms with Gasteiger partial charge in [-0.2, -0.15) is 4.37 Å². The first-order chi connectivity index (χ1) is 10.1. The van der Waals surface area contributed by atoms with Crippen LogP contribution >= 0.6 is 11.5 Å². The molecule has 116 valence electrons. The highest BCUT2D eigenvalue weighted by Crippen LogP contribution is 2.38. The van der Waals surface area contributed by atoms with Crippen molar-refractivity contribution in [1.82, 2.24) is 9.27 Å². The molecule has 2 unspecified atom stereocenters. The molecule has 3 heterocycles. The van der Waals surface area contributed by atoms with E-state index in [1.54, 1.807) is 0 Å². The van der Waals surface area contributed by atoms with Crippen molar-refractivity contribution in [2.75, 3.05) is 31.8 Å². The van der Waals surface area contributed by atoms with Gasteiger partial charge in [0, 0.05) is 18.6 Å². The van der Waals surface area contributed by atoms with Crippen LogP contribution in [0, 0.1) is 5.92 Å². The second kappa shape index (κ2) is 5.81. The fraction of sp³-hybridized carbons (Fsp3) is 0.714.